The van der Waals surface area contributed by atoms with E-state index in [0.717, 1.165) is 6.42 Å². The summed E-state index contributed by atoms with van der Waals surface area (Å²) in [5.74, 6) is 0. The van der Waals surface area contributed by atoms with E-state index in [2.05, 4.69) is 315 Å². The summed E-state index contributed by atoms with van der Waals surface area (Å²) in [6.07, 6.45) is 0.900. The fourth-order valence-corrected chi connectivity index (χ4v) is 16.2. The van der Waals surface area contributed by atoms with Gasteiger partial charge in [-0.05, 0) is 189 Å². The number of hydrogen-bond acceptors (Lipinski definition) is 2. The predicted octanol–water partition coefficient (Wildman–Crippen LogP) is 24.7. The molecule has 2 heteroatoms. The second-order valence-electron chi connectivity index (χ2n) is 23.0. The van der Waals surface area contributed by atoms with Crippen LogP contribution in [0.3, 0.4) is 0 Å². The Bertz CT molecular complexity index is 5000. The van der Waals surface area contributed by atoms with Crippen LogP contribution in [0.15, 0.2) is 315 Å². The van der Waals surface area contributed by atoms with Crippen LogP contribution in [0.25, 0.3) is 163 Å². The molecule has 0 amide bonds. The van der Waals surface area contributed by atoms with Gasteiger partial charge in [-0.1, -0.05) is 255 Å². The van der Waals surface area contributed by atoms with Crippen LogP contribution in [0.5, 0.6) is 0 Å². The monoisotopic (exact) mass is 1140 g/mol. The van der Waals surface area contributed by atoms with Crippen molar-refractivity contribution in [3.8, 4) is 122 Å². The van der Waals surface area contributed by atoms with Crippen LogP contribution in [0.1, 0.15) is 11.1 Å². The average molecular weight is 1140 g/mol. The molecule has 1 aliphatic rings. The van der Waals surface area contributed by atoms with Crippen molar-refractivity contribution in [3.63, 3.8) is 0 Å². The van der Waals surface area contributed by atoms with Crippen LogP contribution < -0.4 is 0 Å². The molecule has 0 spiro atoms. The summed E-state index contributed by atoms with van der Waals surface area (Å²) in [7, 11) is 0. The molecule has 87 heavy (non-hydrogen) atoms. The maximum Gasteiger partial charge on any atom is 0.0434 e. The number of hydrogen-bond donors (Lipinski definition) is 0. The van der Waals surface area contributed by atoms with Gasteiger partial charge in [0.2, 0.25) is 0 Å². The van der Waals surface area contributed by atoms with Crippen LogP contribution in [0, 0.1) is 0 Å². The predicted molar refractivity (Wildman–Crippen MR) is 375 cm³/mol. The highest BCUT2D eigenvalue weighted by Gasteiger charge is 2.25. The molecule has 0 nitrogen and oxygen atoms in total. The van der Waals surface area contributed by atoms with E-state index in [1.807, 2.05) is 22.7 Å². The summed E-state index contributed by atoms with van der Waals surface area (Å²) >= 11 is 3.83. The first-order chi connectivity index (χ1) is 43.1. The Balaban J connectivity index is 0.840. The van der Waals surface area contributed by atoms with Gasteiger partial charge in [-0.25, -0.2) is 0 Å². The molecule has 0 saturated carbocycles. The van der Waals surface area contributed by atoms with Gasteiger partial charge in [0, 0.05) is 51.5 Å². The lowest BCUT2D eigenvalue weighted by atomic mass is 9.89. The van der Waals surface area contributed by atoms with Crippen molar-refractivity contribution in [3.05, 3.63) is 327 Å². The molecular formula is C85H54S2. The summed E-state index contributed by atoms with van der Waals surface area (Å²) < 4.78 is 5.17. The van der Waals surface area contributed by atoms with Crippen molar-refractivity contribution in [2.24, 2.45) is 0 Å². The molecule has 0 saturated heterocycles. The highest BCUT2D eigenvalue weighted by atomic mass is 32.1. The van der Waals surface area contributed by atoms with E-state index in [4.69, 9.17) is 0 Å². The second-order valence-corrected chi connectivity index (χ2v) is 25.1. The Morgan fingerprint density at radius 3 is 0.759 bits per heavy atom. The summed E-state index contributed by atoms with van der Waals surface area (Å²) in [6.45, 7) is 0. The third kappa shape index (κ3) is 8.95. The summed E-state index contributed by atoms with van der Waals surface area (Å²) in [5, 5.41) is 5.12. The third-order valence-corrected chi connectivity index (χ3v) is 20.4. The smallest absolute Gasteiger partial charge is 0.0434 e. The topological polar surface area (TPSA) is 0 Å². The molecule has 1 aliphatic carbocycles. The molecule has 0 N–H and O–H groups in total. The van der Waals surface area contributed by atoms with E-state index in [1.165, 1.54) is 174 Å². The van der Waals surface area contributed by atoms with E-state index in [9.17, 15) is 0 Å². The molecule has 0 fully saturated rings. The van der Waals surface area contributed by atoms with Crippen LogP contribution in [0.2, 0.25) is 0 Å². The molecule has 17 rings (SSSR count). The SMILES string of the molecule is c1ccc(-c2ccccc2-c2ccc3sc4c(-c5ccc6c(c5)-c5cc(-c7cc(-c8ccccc8-c8ccccc8)cc8c7sc7ccc(-c9ccccc9-c9ccccc9)cc78)ccc5C6)cc(-c5ccccc5-c5ccccc5)cc4c3c2)cc1. The number of rotatable bonds is 10. The molecule has 406 valence electrons. The number of benzene rings is 14. The van der Waals surface area contributed by atoms with Gasteiger partial charge in [-0.15, -0.1) is 22.7 Å². The van der Waals surface area contributed by atoms with Gasteiger partial charge in [0.15, 0.2) is 0 Å². The normalized spacial score (nSPS) is 11.9. The fraction of sp³-hybridized carbons (Fsp3) is 0.0118. The van der Waals surface area contributed by atoms with Crippen LogP contribution in [-0.4, -0.2) is 0 Å². The van der Waals surface area contributed by atoms with Gasteiger partial charge in [-0.2, -0.15) is 0 Å². The molecule has 0 aliphatic heterocycles. The molecule has 2 heterocycles. The maximum absolute atomic E-state index is 2.51. The molecule has 16 aromatic rings. The summed E-state index contributed by atoms with van der Waals surface area (Å²) in [5.41, 5.74) is 29.9. The van der Waals surface area contributed by atoms with E-state index in [-0.39, 0.29) is 0 Å². The lowest BCUT2D eigenvalue weighted by molar-refractivity contribution is 1.26. The Hall–Kier alpha value is -10.5. The average Bonchev–Trinajstić information content (AvgIpc) is 2.07. The Morgan fingerprint density at radius 2 is 0.425 bits per heavy atom. The van der Waals surface area contributed by atoms with Crippen LogP contribution >= 0.6 is 22.7 Å². The van der Waals surface area contributed by atoms with Gasteiger partial charge >= 0.3 is 0 Å². The van der Waals surface area contributed by atoms with Crippen molar-refractivity contribution >= 4 is 63.0 Å². The zero-order chi connectivity index (χ0) is 57.4. The van der Waals surface area contributed by atoms with Crippen LogP contribution in [0.4, 0.5) is 0 Å². The lowest BCUT2D eigenvalue weighted by Gasteiger charge is -2.15. The third-order valence-electron chi connectivity index (χ3n) is 17.9. The van der Waals surface area contributed by atoms with Crippen molar-refractivity contribution in [2.45, 2.75) is 6.42 Å². The van der Waals surface area contributed by atoms with Gasteiger partial charge < -0.3 is 0 Å². The van der Waals surface area contributed by atoms with Crippen LogP contribution in [-0.2, 0) is 6.42 Å². The van der Waals surface area contributed by atoms with Gasteiger partial charge in [0.05, 0.1) is 0 Å². The highest BCUT2D eigenvalue weighted by molar-refractivity contribution is 7.26. The second kappa shape index (κ2) is 21.2. The van der Waals surface area contributed by atoms with Gasteiger partial charge in [0.25, 0.3) is 0 Å². The van der Waals surface area contributed by atoms with E-state index < -0.39 is 0 Å². The number of thiophene rings is 2. The first-order valence-electron chi connectivity index (χ1n) is 30.0. The van der Waals surface area contributed by atoms with E-state index in [0.29, 0.717) is 0 Å². The summed E-state index contributed by atoms with van der Waals surface area (Å²) in [6, 6.07) is 118. The van der Waals surface area contributed by atoms with Crippen molar-refractivity contribution in [1.29, 1.82) is 0 Å². The highest BCUT2D eigenvalue weighted by Crippen LogP contribution is 2.51. The fourth-order valence-electron chi connectivity index (χ4n) is 13.8. The zero-order valence-electron chi connectivity index (χ0n) is 47.5. The molecule has 0 radical (unpaired) electrons. The van der Waals surface area contributed by atoms with Gasteiger partial charge in [0.1, 0.15) is 0 Å². The molecule has 0 atom stereocenters. The van der Waals surface area contributed by atoms with Crippen molar-refractivity contribution in [1.82, 2.24) is 0 Å². The minimum absolute atomic E-state index is 0.900. The Labute approximate surface area is 514 Å². The molecule has 0 bridgehead atoms. The first-order valence-corrected chi connectivity index (χ1v) is 31.6. The Kier molecular flexibility index (Phi) is 12.4. The minimum atomic E-state index is 0.900. The number of fused-ring (bicyclic) bond motifs is 9. The van der Waals surface area contributed by atoms with Crippen molar-refractivity contribution < 1.29 is 0 Å². The van der Waals surface area contributed by atoms with E-state index in [1.54, 1.807) is 0 Å². The maximum atomic E-state index is 2.51. The molecule has 0 unspecified atom stereocenters. The van der Waals surface area contributed by atoms with Crippen molar-refractivity contribution in [2.75, 3.05) is 0 Å². The summed E-state index contributed by atoms with van der Waals surface area (Å²) in [4.78, 5) is 0. The lowest BCUT2D eigenvalue weighted by Crippen LogP contribution is -1.89. The first kappa shape index (κ1) is 51.0. The zero-order valence-corrected chi connectivity index (χ0v) is 49.2. The minimum Gasteiger partial charge on any atom is -0.135 e. The quantitative estimate of drug-likeness (QED) is 0.128. The van der Waals surface area contributed by atoms with E-state index >= 15 is 0 Å². The Morgan fingerprint density at radius 1 is 0.172 bits per heavy atom. The molecular weight excluding hydrogens is 1090 g/mol. The molecule has 14 aromatic carbocycles. The standard InChI is InChI=1S/C85H54S2/c1-5-21-54(22-6-1)66-29-13-17-33-70(66)60-41-43-82-78(48-60)80-52-64(72-35-19-15-31-68(72)56-25-9-3-10-26-56)50-76(84(80)86-82)62-39-37-58-45-59-38-40-63(47-75(59)74(58)46-62)77-51-65(73-36-20-16-32-69(73)57-27-11-4-12-28-57)53-81-79-49-61(42-44-83(79)87-85(77)81)71-34-18-14-30-67(71)55-23-7-2-8-24-55/h1-44,46-53H,45H2. The van der Waals surface area contributed by atoms with Gasteiger partial charge in [-0.3, -0.25) is 0 Å². The molecule has 2 aromatic heterocycles. The largest absolute Gasteiger partial charge is 0.135 e.